The van der Waals surface area contributed by atoms with Crippen molar-refractivity contribution in [3.05, 3.63) is 47.5 Å². The molecular formula is C14H14F3NO2. The summed E-state index contributed by atoms with van der Waals surface area (Å²) >= 11 is 0. The van der Waals surface area contributed by atoms with Crippen LogP contribution < -0.4 is 0 Å². The molecule has 108 valence electrons. The van der Waals surface area contributed by atoms with Crippen molar-refractivity contribution < 1.29 is 22.7 Å². The largest absolute Gasteiger partial charge is 0.416 e. The lowest BCUT2D eigenvalue weighted by Crippen LogP contribution is -2.25. The van der Waals surface area contributed by atoms with Gasteiger partial charge in [-0.1, -0.05) is 18.7 Å². The molecule has 2 atom stereocenters. The smallest absolute Gasteiger partial charge is 0.359 e. The van der Waals surface area contributed by atoms with Crippen LogP contribution in [0.5, 0.6) is 0 Å². The zero-order chi connectivity index (χ0) is 15.1. The van der Waals surface area contributed by atoms with Gasteiger partial charge in [0, 0.05) is 19.7 Å². The zero-order valence-electron chi connectivity index (χ0n) is 11.1. The Kier molecular flexibility index (Phi) is 3.60. The van der Waals surface area contributed by atoms with Crippen molar-refractivity contribution in [1.82, 2.24) is 4.90 Å². The number of rotatable bonds is 3. The Morgan fingerprint density at radius 3 is 2.25 bits per heavy atom. The van der Waals surface area contributed by atoms with Gasteiger partial charge in [0.25, 0.3) is 5.91 Å². The number of benzene rings is 1. The number of carbonyl (C=O) groups is 1. The molecule has 20 heavy (non-hydrogen) atoms. The standard InChI is InChI=1S/C14H14F3NO2/c1-8(13(19)18(2)3)11-12(20-11)9-4-6-10(7-5-9)14(15,16)17/h4-7,11-12H,1H2,2-3H3/t11-,12-/m1/s1. The topological polar surface area (TPSA) is 32.8 Å². The van der Waals surface area contributed by atoms with E-state index in [0.29, 0.717) is 11.1 Å². The fourth-order valence-electron chi connectivity index (χ4n) is 1.90. The predicted molar refractivity (Wildman–Crippen MR) is 66.9 cm³/mol. The van der Waals surface area contributed by atoms with E-state index in [0.717, 1.165) is 12.1 Å². The van der Waals surface area contributed by atoms with E-state index in [4.69, 9.17) is 4.74 Å². The van der Waals surface area contributed by atoms with E-state index in [2.05, 4.69) is 6.58 Å². The summed E-state index contributed by atoms with van der Waals surface area (Å²) in [7, 11) is 3.20. The normalized spacial score (nSPS) is 21.4. The first-order chi connectivity index (χ1) is 9.21. The first kappa shape index (κ1) is 14.6. The summed E-state index contributed by atoms with van der Waals surface area (Å²) in [5.74, 6) is -0.246. The lowest BCUT2D eigenvalue weighted by Gasteiger charge is -2.10. The maximum Gasteiger partial charge on any atom is 0.416 e. The van der Waals surface area contributed by atoms with Crippen LogP contribution >= 0.6 is 0 Å². The first-order valence-corrected chi connectivity index (χ1v) is 5.95. The first-order valence-electron chi connectivity index (χ1n) is 5.95. The van der Waals surface area contributed by atoms with Crippen LogP contribution in [0.25, 0.3) is 0 Å². The molecule has 0 aliphatic carbocycles. The molecular weight excluding hydrogens is 271 g/mol. The maximum atomic E-state index is 12.4. The number of hydrogen-bond donors (Lipinski definition) is 0. The molecule has 1 amide bonds. The quantitative estimate of drug-likeness (QED) is 0.632. The number of halogens is 3. The SMILES string of the molecule is C=C(C(=O)N(C)C)[C@H]1O[C@@H]1c1ccc(C(F)(F)F)cc1. The molecule has 6 heteroatoms. The van der Waals surface area contributed by atoms with Crippen LogP contribution in [0.4, 0.5) is 13.2 Å². The molecule has 2 rings (SSSR count). The van der Waals surface area contributed by atoms with Gasteiger partial charge in [0.1, 0.15) is 12.2 Å². The Morgan fingerprint density at radius 1 is 1.25 bits per heavy atom. The highest BCUT2D eigenvalue weighted by Gasteiger charge is 2.45. The average molecular weight is 285 g/mol. The third-order valence-corrected chi connectivity index (χ3v) is 3.08. The van der Waals surface area contributed by atoms with Crippen LogP contribution in [0.15, 0.2) is 36.4 Å². The number of epoxide rings is 1. The molecule has 1 aliphatic heterocycles. The number of hydrogen-bond acceptors (Lipinski definition) is 2. The summed E-state index contributed by atoms with van der Waals surface area (Å²) in [6.45, 7) is 3.67. The molecule has 3 nitrogen and oxygen atoms in total. The maximum absolute atomic E-state index is 12.4. The van der Waals surface area contributed by atoms with E-state index < -0.39 is 23.9 Å². The highest BCUT2D eigenvalue weighted by atomic mass is 19.4. The molecule has 1 aromatic carbocycles. The Hall–Kier alpha value is -1.82. The van der Waals surface area contributed by atoms with Gasteiger partial charge < -0.3 is 9.64 Å². The second-order valence-corrected chi connectivity index (χ2v) is 4.82. The highest BCUT2D eigenvalue weighted by Crippen LogP contribution is 2.43. The van der Waals surface area contributed by atoms with Gasteiger partial charge in [0.2, 0.25) is 0 Å². The lowest BCUT2D eigenvalue weighted by molar-refractivity contribution is -0.137. The van der Waals surface area contributed by atoms with Crippen molar-refractivity contribution in [1.29, 1.82) is 0 Å². The minimum atomic E-state index is -4.35. The summed E-state index contributed by atoms with van der Waals surface area (Å²) < 4.78 is 42.7. The van der Waals surface area contributed by atoms with Crippen LogP contribution in [0.1, 0.15) is 17.2 Å². The van der Waals surface area contributed by atoms with Gasteiger partial charge in [-0.3, -0.25) is 4.79 Å². The van der Waals surface area contributed by atoms with E-state index in [9.17, 15) is 18.0 Å². The molecule has 0 saturated carbocycles. The Morgan fingerprint density at radius 2 is 1.80 bits per heavy atom. The van der Waals surface area contributed by atoms with Gasteiger partial charge in [0.15, 0.2) is 0 Å². The van der Waals surface area contributed by atoms with Crippen molar-refractivity contribution in [2.45, 2.75) is 18.4 Å². The summed E-state index contributed by atoms with van der Waals surface area (Å²) in [6, 6.07) is 4.73. The summed E-state index contributed by atoms with van der Waals surface area (Å²) in [5.41, 5.74) is 0.206. The van der Waals surface area contributed by atoms with Crippen molar-refractivity contribution >= 4 is 5.91 Å². The number of likely N-dealkylation sites (N-methyl/N-ethyl adjacent to an activating group) is 1. The highest BCUT2D eigenvalue weighted by molar-refractivity contribution is 5.94. The fraction of sp³-hybridized carbons (Fsp3) is 0.357. The van der Waals surface area contributed by atoms with Gasteiger partial charge in [-0.15, -0.1) is 0 Å². The van der Waals surface area contributed by atoms with Crippen LogP contribution in [-0.2, 0) is 15.7 Å². The van der Waals surface area contributed by atoms with Gasteiger partial charge in [-0.05, 0) is 17.7 Å². The monoisotopic (exact) mass is 285 g/mol. The van der Waals surface area contributed by atoms with Crippen molar-refractivity contribution in [3.8, 4) is 0 Å². The Bertz CT molecular complexity index is 534. The Balaban J connectivity index is 2.06. The predicted octanol–water partition coefficient (Wildman–Crippen LogP) is 2.79. The number of carbonyl (C=O) groups excluding carboxylic acids is 1. The van der Waals surface area contributed by atoms with E-state index >= 15 is 0 Å². The van der Waals surface area contributed by atoms with Gasteiger partial charge >= 0.3 is 6.18 Å². The van der Waals surface area contributed by atoms with Crippen LogP contribution in [0.2, 0.25) is 0 Å². The van der Waals surface area contributed by atoms with Gasteiger partial charge in [-0.25, -0.2) is 0 Å². The van der Waals surface area contributed by atoms with Gasteiger partial charge in [0.05, 0.1) is 5.56 Å². The van der Waals surface area contributed by atoms with Crippen molar-refractivity contribution in [2.75, 3.05) is 14.1 Å². The molecule has 0 spiro atoms. The van der Waals surface area contributed by atoms with Crippen LogP contribution in [0.3, 0.4) is 0 Å². The van der Waals surface area contributed by atoms with Crippen LogP contribution in [-0.4, -0.2) is 31.0 Å². The van der Waals surface area contributed by atoms with Crippen molar-refractivity contribution in [2.24, 2.45) is 0 Å². The second-order valence-electron chi connectivity index (χ2n) is 4.82. The van der Waals surface area contributed by atoms with E-state index in [1.807, 2.05) is 0 Å². The number of nitrogens with zero attached hydrogens (tertiary/aromatic N) is 1. The third kappa shape index (κ3) is 2.85. The zero-order valence-corrected chi connectivity index (χ0v) is 11.1. The molecule has 1 aromatic rings. The van der Waals surface area contributed by atoms with E-state index in [1.165, 1.54) is 17.0 Å². The number of alkyl halides is 3. The molecule has 0 unspecified atom stereocenters. The fourth-order valence-corrected chi connectivity index (χ4v) is 1.90. The van der Waals surface area contributed by atoms with E-state index in [-0.39, 0.29) is 5.91 Å². The van der Waals surface area contributed by atoms with Gasteiger partial charge in [-0.2, -0.15) is 13.2 Å². The molecule has 1 heterocycles. The van der Waals surface area contributed by atoms with Crippen LogP contribution in [0, 0.1) is 0 Å². The molecule has 0 aromatic heterocycles. The molecule has 1 aliphatic rings. The van der Waals surface area contributed by atoms with E-state index in [1.54, 1.807) is 14.1 Å². The molecule has 1 saturated heterocycles. The minimum Gasteiger partial charge on any atom is -0.359 e. The molecule has 0 N–H and O–H groups in total. The Labute approximate surface area is 114 Å². The lowest BCUT2D eigenvalue weighted by atomic mass is 10.0. The summed E-state index contributed by atoms with van der Waals surface area (Å²) in [5, 5.41) is 0. The number of ether oxygens (including phenoxy) is 1. The molecule has 0 radical (unpaired) electrons. The third-order valence-electron chi connectivity index (χ3n) is 3.08. The molecule has 0 bridgehead atoms. The summed E-state index contributed by atoms with van der Waals surface area (Å²) in [4.78, 5) is 13.1. The average Bonchev–Trinajstić information content (AvgIpc) is 3.16. The minimum absolute atomic E-state index is 0.246. The number of amides is 1. The second kappa shape index (κ2) is 4.94. The molecule has 1 fully saturated rings. The summed E-state index contributed by atoms with van der Waals surface area (Å²) in [6.07, 6.45) is -5.21. The van der Waals surface area contributed by atoms with Crippen molar-refractivity contribution in [3.63, 3.8) is 0 Å².